The van der Waals surface area contributed by atoms with Crippen molar-refractivity contribution in [1.82, 2.24) is 4.98 Å². The van der Waals surface area contributed by atoms with Crippen LogP contribution in [0.5, 0.6) is 5.75 Å². The first kappa shape index (κ1) is 19.1. The van der Waals surface area contributed by atoms with E-state index in [1.165, 1.54) is 35.3 Å². The number of hydrogen-bond acceptors (Lipinski definition) is 5. The summed E-state index contributed by atoms with van der Waals surface area (Å²) in [6, 6.07) is 13.4. The summed E-state index contributed by atoms with van der Waals surface area (Å²) in [5.41, 5.74) is 1.61. The van der Waals surface area contributed by atoms with Gasteiger partial charge in [0.05, 0.1) is 12.2 Å². The molecule has 0 bridgehead atoms. The Morgan fingerprint density at radius 1 is 1.24 bits per heavy atom. The summed E-state index contributed by atoms with van der Waals surface area (Å²) in [6.45, 7) is 1.59. The van der Waals surface area contributed by atoms with E-state index in [0.717, 1.165) is 10.4 Å². The highest BCUT2D eigenvalue weighted by Gasteiger charge is 2.32. The molecule has 29 heavy (non-hydrogen) atoms. The number of hydrogen-bond donors (Lipinski definition) is 1. The van der Waals surface area contributed by atoms with Gasteiger partial charge >= 0.3 is 0 Å². The number of ether oxygens (including phenoxy) is 1. The van der Waals surface area contributed by atoms with E-state index in [-0.39, 0.29) is 24.2 Å². The average Bonchev–Trinajstić information content (AvgIpc) is 3.15. The summed E-state index contributed by atoms with van der Waals surface area (Å²) in [5.74, 6) is -0.312. The van der Waals surface area contributed by atoms with Crippen molar-refractivity contribution in [2.75, 3.05) is 16.8 Å². The largest absolute Gasteiger partial charge is 0.476 e. The molecular weight excluding hydrogens is 393 g/mol. The molecule has 0 aliphatic carbocycles. The molecule has 1 unspecified atom stereocenters. The van der Waals surface area contributed by atoms with Crippen LogP contribution in [-0.2, 0) is 16.0 Å². The Kier molecular flexibility index (Phi) is 5.26. The number of aromatic nitrogens is 1. The van der Waals surface area contributed by atoms with E-state index in [9.17, 15) is 14.0 Å². The van der Waals surface area contributed by atoms with Gasteiger partial charge in [-0.2, -0.15) is 0 Å². The molecule has 2 amide bonds. The zero-order chi connectivity index (χ0) is 20.4. The van der Waals surface area contributed by atoms with Crippen molar-refractivity contribution in [2.24, 2.45) is 0 Å². The number of carbonyl (C=O) groups excluding carboxylic acids is 2. The quantitative estimate of drug-likeness (QED) is 0.712. The monoisotopic (exact) mass is 411 g/mol. The molecule has 148 valence electrons. The molecule has 0 radical (unpaired) electrons. The van der Waals surface area contributed by atoms with Gasteiger partial charge in [-0.3, -0.25) is 14.9 Å². The minimum atomic E-state index is -0.835. The summed E-state index contributed by atoms with van der Waals surface area (Å²) < 4.78 is 18.8. The van der Waals surface area contributed by atoms with Gasteiger partial charge in [0, 0.05) is 24.4 Å². The van der Waals surface area contributed by atoms with Gasteiger partial charge in [0.1, 0.15) is 11.6 Å². The van der Waals surface area contributed by atoms with Crippen LogP contribution in [0.2, 0.25) is 0 Å². The van der Waals surface area contributed by atoms with Crippen molar-refractivity contribution in [3.63, 3.8) is 0 Å². The van der Waals surface area contributed by atoms with Crippen LogP contribution in [0.4, 0.5) is 15.2 Å². The molecule has 8 heteroatoms. The van der Waals surface area contributed by atoms with E-state index < -0.39 is 6.10 Å². The highest BCUT2D eigenvalue weighted by Crippen LogP contribution is 2.33. The third kappa shape index (κ3) is 4.27. The molecule has 1 aromatic heterocycles. The Morgan fingerprint density at radius 3 is 2.76 bits per heavy atom. The maximum Gasteiger partial charge on any atom is 0.269 e. The van der Waals surface area contributed by atoms with Crippen LogP contribution in [0.15, 0.2) is 54.7 Å². The lowest BCUT2D eigenvalue weighted by Crippen LogP contribution is -2.48. The standard InChI is InChI=1S/C21H18FN3O3S/c1-13(26)25-12-19(28-18-5-3-2-4-17(18)25)20(27)24-21-23-11-16(29-21)10-14-6-8-15(22)9-7-14/h2-9,11,19H,10,12H2,1H3,(H,23,24,27). The van der Waals surface area contributed by atoms with E-state index in [1.807, 2.05) is 6.07 Å². The van der Waals surface area contributed by atoms with Crippen molar-refractivity contribution in [3.05, 3.63) is 71.0 Å². The Bertz CT molecular complexity index is 1050. The SMILES string of the molecule is CC(=O)N1CC(C(=O)Nc2ncc(Cc3ccc(F)cc3)s2)Oc2ccccc21. The van der Waals surface area contributed by atoms with Crippen LogP contribution >= 0.6 is 11.3 Å². The number of nitrogens with zero attached hydrogens (tertiary/aromatic N) is 2. The molecule has 1 aliphatic rings. The number of halogens is 1. The Morgan fingerprint density at radius 2 is 2.00 bits per heavy atom. The fourth-order valence-corrected chi connectivity index (χ4v) is 3.96. The van der Waals surface area contributed by atoms with Gasteiger partial charge in [0.15, 0.2) is 11.2 Å². The minimum Gasteiger partial charge on any atom is -0.476 e. The van der Waals surface area contributed by atoms with Crippen LogP contribution in [-0.4, -0.2) is 29.4 Å². The van der Waals surface area contributed by atoms with Gasteiger partial charge in [0.25, 0.3) is 5.91 Å². The summed E-state index contributed by atoms with van der Waals surface area (Å²) in [6.07, 6.45) is 1.44. The van der Waals surface area contributed by atoms with E-state index in [4.69, 9.17) is 4.74 Å². The van der Waals surface area contributed by atoms with Gasteiger partial charge in [-0.05, 0) is 29.8 Å². The van der Waals surface area contributed by atoms with Crippen LogP contribution < -0.4 is 15.0 Å². The van der Waals surface area contributed by atoms with Crippen molar-refractivity contribution in [3.8, 4) is 5.75 Å². The molecule has 1 atom stereocenters. The molecule has 0 saturated carbocycles. The molecule has 0 fully saturated rings. The first-order valence-corrected chi connectivity index (χ1v) is 9.85. The predicted octanol–water partition coefficient (Wildman–Crippen LogP) is 3.63. The molecule has 6 nitrogen and oxygen atoms in total. The molecule has 1 N–H and O–H groups in total. The number of carbonyl (C=O) groups is 2. The lowest BCUT2D eigenvalue weighted by Gasteiger charge is -2.33. The Labute approximate surface area is 171 Å². The number of para-hydroxylation sites is 2. The molecule has 2 aromatic carbocycles. The normalized spacial score (nSPS) is 15.4. The van der Waals surface area contributed by atoms with Crippen LogP contribution in [0.1, 0.15) is 17.4 Å². The van der Waals surface area contributed by atoms with Gasteiger partial charge in [0.2, 0.25) is 5.91 Å². The van der Waals surface area contributed by atoms with E-state index in [1.54, 1.807) is 36.5 Å². The van der Waals surface area contributed by atoms with Crippen LogP contribution in [0.25, 0.3) is 0 Å². The number of fused-ring (bicyclic) bond motifs is 1. The van der Waals surface area contributed by atoms with Crippen LogP contribution in [0, 0.1) is 5.82 Å². The predicted molar refractivity (Wildman–Crippen MR) is 109 cm³/mol. The number of benzene rings is 2. The Balaban J connectivity index is 1.44. The zero-order valence-corrected chi connectivity index (χ0v) is 16.4. The zero-order valence-electron chi connectivity index (χ0n) is 15.6. The fourth-order valence-electron chi connectivity index (χ4n) is 3.11. The number of thiazole rings is 1. The molecule has 3 aromatic rings. The molecule has 2 heterocycles. The van der Waals surface area contributed by atoms with E-state index in [2.05, 4.69) is 10.3 Å². The maximum absolute atomic E-state index is 13.0. The number of nitrogens with one attached hydrogen (secondary N) is 1. The molecule has 0 saturated heterocycles. The van der Waals surface area contributed by atoms with Crippen molar-refractivity contribution in [1.29, 1.82) is 0 Å². The third-order valence-corrected chi connectivity index (χ3v) is 5.43. The minimum absolute atomic E-state index is 0.131. The third-order valence-electron chi connectivity index (χ3n) is 4.52. The van der Waals surface area contributed by atoms with Gasteiger partial charge < -0.3 is 9.64 Å². The first-order valence-electron chi connectivity index (χ1n) is 9.03. The molecule has 1 aliphatic heterocycles. The van der Waals surface area contributed by atoms with Gasteiger partial charge in [-0.25, -0.2) is 9.37 Å². The van der Waals surface area contributed by atoms with E-state index in [0.29, 0.717) is 23.0 Å². The molecule has 4 rings (SSSR count). The molecule has 0 spiro atoms. The number of rotatable bonds is 4. The summed E-state index contributed by atoms with van der Waals surface area (Å²) in [5, 5.41) is 3.21. The van der Waals surface area contributed by atoms with Gasteiger partial charge in [-0.1, -0.05) is 24.3 Å². The summed E-state index contributed by atoms with van der Waals surface area (Å²) >= 11 is 1.34. The highest BCUT2D eigenvalue weighted by molar-refractivity contribution is 7.15. The average molecular weight is 411 g/mol. The fraction of sp³-hybridized carbons (Fsp3) is 0.190. The van der Waals surface area contributed by atoms with Crippen molar-refractivity contribution in [2.45, 2.75) is 19.4 Å². The second-order valence-electron chi connectivity index (χ2n) is 6.63. The maximum atomic E-state index is 13.0. The lowest BCUT2D eigenvalue weighted by atomic mass is 10.1. The van der Waals surface area contributed by atoms with Gasteiger partial charge in [-0.15, -0.1) is 11.3 Å². The van der Waals surface area contributed by atoms with Crippen molar-refractivity contribution >= 4 is 34.0 Å². The smallest absolute Gasteiger partial charge is 0.269 e. The second-order valence-corrected chi connectivity index (χ2v) is 7.74. The van der Waals surface area contributed by atoms with Crippen molar-refractivity contribution < 1.29 is 18.7 Å². The lowest BCUT2D eigenvalue weighted by molar-refractivity contribution is -0.123. The van der Waals surface area contributed by atoms with Crippen LogP contribution in [0.3, 0.4) is 0 Å². The number of anilines is 2. The Hall–Kier alpha value is -3.26. The topological polar surface area (TPSA) is 71.5 Å². The molecular formula is C21H18FN3O3S. The second kappa shape index (κ2) is 8.00. The summed E-state index contributed by atoms with van der Waals surface area (Å²) in [7, 11) is 0. The number of amides is 2. The highest BCUT2D eigenvalue weighted by atomic mass is 32.1. The first-order chi connectivity index (χ1) is 14.0. The van der Waals surface area contributed by atoms with E-state index >= 15 is 0 Å². The summed E-state index contributed by atoms with van der Waals surface area (Å²) in [4.78, 5) is 31.4.